The number of hydrogen-bond acceptors (Lipinski definition) is 1. The molecule has 1 atom stereocenters. The van der Waals surface area contributed by atoms with E-state index in [2.05, 4.69) is 44.3 Å². The molecule has 0 aliphatic carbocycles. The summed E-state index contributed by atoms with van der Waals surface area (Å²) in [5, 5.41) is 3.50. The van der Waals surface area contributed by atoms with Gasteiger partial charge in [-0.2, -0.15) is 0 Å². The molecule has 1 N–H and O–H groups in total. The van der Waals surface area contributed by atoms with Crippen molar-refractivity contribution in [2.45, 2.75) is 39.8 Å². The normalized spacial score (nSPS) is 12.8. The summed E-state index contributed by atoms with van der Waals surface area (Å²) < 4.78 is 0. The third-order valence-corrected chi connectivity index (χ3v) is 3.03. The molecular weight excluding hydrogens is 206 g/mol. The molecule has 0 fully saturated rings. The lowest BCUT2D eigenvalue weighted by Gasteiger charge is -2.15. The van der Waals surface area contributed by atoms with Gasteiger partial charge < -0.3 is 5.32 Å². The van der Waals surface area contributed by atoms with Crippen LogP contribution in [0.3, 0.4) is 0 Å². The molecule has 0 heterocycles. The molecule has 1 nitrogen and oxygen atoms in total. The summed E-state index contributed by atoms with van der Waals surface area (Å²) in [5.74, 6) is 0.723. The van der Waals surface area contributed by atoms with Gasteiger partial charge in [0.25, 0.3) is 0 Å². The van der Waals surface area contributed by atoms with E-state index in [-0.39, 0.29) is 0 Å². The zero-order valence-corrected chi connectivity index (χ0v) is 10.6. The average Bonchev–Trinajstić information content (AvgIpc) is 2.17. The summed E-state index contributed by atoms with van der Waals surface area (Å²) in [6, 6.07) is 6.92. The number of rotatable bonds is 5. The highest BCUT2D eigenvalue weighted by Gasteiger charge is 2.04. The van der Waals surface area contributed by atoms with Crippen molar-refractivity contribution in [3.63, 3.8) is 0 Å². The summed E-state index contributed by atoms with van der Waals surface area (Å²) in [5.41, 5.74) is 4.14. The van der Waals surface area contributed by atoms with E-state index in [1.54, 1.807) is 0 Å². The molecule has 0 spiro atoms. The zero-order valence-electron chi connectivity index (χ0n) is 9.81. The molecule has 0 saturated carbocycles. The van der Waals surface area contributed by atoms with Crippen molar-refractivity contribution in [2.24, 2.45) is 0 Å². The Morgan fingerprint density at radius 3 is 2.40 bits per heavy atom. The van der Waals surface area contributed by atoms with Crippen LogP contribution in [0.5, 0.6) is 0 Å². The SMILES string of the molecule is Cc1cccc(C)c1CNC(C)CCCl. The summed E-state index contributed by atoms with van der Waals surface area (Å²) in [7, 11) is 0. The predicted octanol–water partition coefficient (Wildman–Crippen LogP) is 3.41. The molecule has 0 aliphatic rings. The number of aryl methyl sites for hydroxylation is 2. The van der Waals surface area contributed by atoms with Crippen molar-refractivity contribution >= 4 is 11.6 Å². The van der Waals surface area contributed by atoms with Crippen molar-refractivity contribution in [1.82, 2.24) is 5.32 Å². The van der Waals surface area contributed by atoms with Crippen LogP contribution in [0.1, 0.15) is 30.0 Å². The molecule has 0 aliphatic heterocycles. The van der Waals surface area contributed by atoms with E-state index < -0.39 is 0 Å². The molecule has 15 heavy (non-hydrogen) atoms. The zero-order chi connectivity index (χ0) is 11.3. The summed E-state index contributed by atoms with van der Waals surface area (Å²) in [6.45, 7) is 7.44. The maximum absolute atomic E-state index is 5.70. The van der Waals surface area contributed by atoms with Gasteiger partial charge in [0, 0.05) is 18.5 Å². The maximum Gasteiger partial charge on any atom is 0.0238 e. The van der Waals surface area contributed by atoms with E-state index in [1.807, 2.05) is 0 Å². The van der Waals surface area contributed by atoms with E-state index in [9.17, 15) is 0 Å². The van der Waals surface area contributed by atoms with E-state index in [4.69, 9.17) is 11.6 Å². The van der Waals surface area contributed by atoms with Crippen molar-refractivity contribution < 1.29 is 0 Å². The van der Waals surface area contributed by atoms with Crippen LogP contribution >= 0.6 is 11.6 Å². The standard InChI is InChI=1S/C13H20ClN/c1-10-5-4-6-11(2)13(10)9-15-12(3)7-8-14/h4-6,12,15H,7-9H2,1-3H3. The Labute approximate surface area is 97.8 Å². The van der Waals surface area contributed by atoms with Crippen molar-refractivity contribution in [2.75, 3.05) is 5.88 Å². The summed E-state index contributed by atoms with van der Waals surface area (Å²) >= 11 is 5.70. The number of nitrogens with one attached hydrogen (secondary N) is 1. The first-order valence-corrected chi connectivity index (χ1v) is 6.03. The molecule has 2 heteroatoms. The Morgan fingerprint density at radius 1 is 1.27 bits per heavy atom. The van der Waals surface area contributed by atoms with Gasteiger partial charge in [0.15, 0.2) is 0 Å². The van der Waals surface area contributed by atoms with Crippen LogP contribution in [0.25, 0.3) is 0 Å². The molecular formula is C13H20ClN. The Kier molecular flexibility index (Phi) is 5.13. The first-order chi connectivity index (χ1) is 7.15. The quantitative estimate of drug-likeness (QED) is 0.758. The Balaban J connectivity index is 2.57. The molecule has 1 rings (SSSR count). The first kappa shape index (κ1) is 12.5. The van der Waals surface area contributed by atoms with Crippen LogP contribution in [0.2, 0.25) is 0 Å². The minimum atomic E-state index is 0.488. The maximum atomic E-state index is 5.70. The molecule has 0 aromatic heterocycles. The van der Waals surface area contributed by atoms with Crippen molar-refractivity contribution in [3.8, 4) is 0 Å². The molecule has 1 aromatic rings. The van der Waals surface area contributed by atoms with Gasteiger partial charge in [0.1, 0.15) is 0 Å². The highest BCUT2D eigenvalue weighted by molar-refractivity contribution is 6.17. The van der Waals surface area contributed by atoms with Gasteiger partial charge in [-0.25, -0.2) is 0 Å². The minimum absolute atomic E-state index is 0.488. The van der Waals surface area contributed by atoms with E-state index in [0.717, 1.165) is 18.8 Å². The molecule has 1 aromatic carbocycles. The Morgan fingerprint density at radius 2 is 1.87 bits per heavy atom. The number of halogens is 1. The fourth-order valence-electron chi connectivity index (χ4n) is 1.67. The number of hydrogen-bond donors (Lipinski definition) is 1. The van der Waals surface area contributed by atoms with Gasteiger partial charge in [-0.15, -0.1) is 11.6 Å². The highest BCUT2D eigenvalue weighted by Crippen LogP contribution is 2.13. The second-order valence-electron chi connectivity index (χ2n) is 4.13. The summed E-state index contributed by atoms with van der Waals surface area (Å²) in [4.78, 5) is 0. The van der Waals surface area contributed by atoms with Gasteiger partial charge in [-0.1, -0.05) is 18.2 Å². The van der Waals surface area contributed by atoms with Crippen LogP contribution in [0.15, 0.2) is 18.2 Å². The fourth-order valence-corrected chi connectivity index (χ4v) is 2.00. The second kappa shape index (κ2) is 6.14. The molecule has 0 saturated heterocycles. The lowest BCUT2D eigenvalue weighted by atomic mass is 10.0. The van der Waals surface area contributed by atoms with E-state index >= 15 is 0 Å². The van der Waals surface area contributed by atoms with Gasteiger partial charge in [-0.05, 0) is 43.9 Å². The predicted molar refractivity (Wildman–Crippen MR) is 67.6 cm³/mol. The molecule has 1 unspecified atom stereocenters. The molecule has 0 bridgehead atoms. The lowest BCUT2D eigenvalue weighted by molar-refractivity contribution is 0.534. The topological polar surface area (TPSA) is 12.0 Å². The Hall–Kier alpha value is -0.530. The third kappa shape index (κ3) is 3.84. The molecule has 0 radical (unpaired) electrons. The van der Waals surface area contributed by atoms with E-state index in [1.165, 1.54) is 16.7 Å². The van der Waals surface area contributed by atoms with Crippen LogP contribution < -0.4 is 5.32 Å². The first-order valence-electron chi connectivity index (χ1n) is 5.49. The van der Waals surface area contributed by atoms with Gasteiger partial charge in [0.05, 0.1) is 0 Å². The van der Waals surface area contributed by atoms with E-state index in [0.29, 0.717) is 6.04 Å². The Bertz CT molecular complexity index is 289. The smallest absolute Gasteiger partial charge is 0.0238 e. The van der Waals surface area contributed by atoms with Gasteiger partial charge >= 0.3 is 0 Å². The number of benzene rings is 1. The molecule has 0 amide bonds. The van der Waals surface area contributed by atoms with Gasteiger partial charge in [0.2, 0.25) is 0 Å². The molecule has 84 valence electrons. The average molecular weight is 226 g/mol. The third-order valence-electron chi connectivity index (χ3n) is 2.81. The number of alkyl halides is 1. The monoisotopic (exact) mass is 225 g/mol. The summed E-state index contributed by atoms with van der Waals surface area (Å²) in [6.07, 6.45) is 1.02. The van der Waals surface area contributed by atoms with Crippen LogP contribution in [0, 0.1) is 13.8 Å². The van der Waals surface area contributed by atoms with Gasteiger partial charge in [-0.3, -0.25) is 0 Å². The highest BCUT2D eigenvalue weighted by atomic mass is 35.5. The second-order valence-corrected chi connectivity index (χ2v) is 4.51. The largest absolute Gasteiger partial charge is 0.310 e. The minimum Gasteiger partial charge on any atom is -0.310 e. The van der Waals surface area contributed by atoms with Crippen LogP contribution in [-0.4, -0.2) is 11.9 Å². The lowest BCUT2D eigenvalue weighted by Crippen LogP contribution is -2.26. The van der Waals surface area contributed by atoms with Crippen LogP contribution in [0.4, 0.5) is 0 Å². The van der Waals surface area contributed by atoms with Crippen molar-refractivity contribution in [1.29, 1.82) is 0 Å². The van der Waals surface area contributed by atoms with Crippen molar-refractivity contribution in [3.05, 3.63) is 34.9 Å². The fraction of sp³-hybridized carbons (Fsp3) is 0.538. The van der Waals surface area contributed by atoms with Crippen LogP contribution in [-0.2, 0) is 6.54 Å².